The highest BCUT2D eigenvalue weighted by molar-refractivity contribution is 6.13. The van der Waals surface area contributed by atoms with E-state index in [0.29, 0.717) is 28.2 Å². The molecule has 14 rings (SSSR count). The standard InChI is InChI=1S/C70H51N5O/c1-70(2,3)51-39-40-71-68(43-51)75-64-38-34-50(49-33-37-63-60(41-49)58-27-13-14-30-62(58)74(63)52-23-11-6-12-24-52)42-61(64)59-36-35-55(45-67(59)75)76-54-26-17-25-53(44-54)72-46-73(66-32-16-15-31-65(66)72)69-56(47-19-7-4-8-20-47)28-18-29-57(69)48-21-9-5-10-22-48/h4-45H,1-3H3/i4D,5D,7D,8D,9D,10D,19D,20D,21D,22D. The SMILES string of the molecule is [2H]c1c([2H])c([2H])c(-c2cccc(-c3c([2H])c([2H])c([2H])c([2H])c3[2H])c2-[n+]2[c-]n(-c3cccc(Oc4ccc5c6cc(-c7ccc8c(c7)c7ccccc7n8-c7ccccc7)ccc6n(-c6cc(C(C)(C)C)ccn6)c5c4)c3)c3ccccc32)c([2H])c1[2H]. The highest BCUT2D eigenvalue weighted by atomic mass is 16.5. The zero-order valence-electron chi connectivity index (χ0n) is 51.6. The number of rotatable bonds is 9. The van der Waals surface area contributed by atoms with Gasteiger partial charge < -0.3 is 9.30 Å². The third kappa shape index (κ3) is 7.65. The second-order valence-corrected chi connectivity index (χ2v) is 19.9. The highest BCUT2D eigenvalue weighted by Crippen LogP contribution is 2.41. The smallest absolute Gasteiger partial charge is 0.269 e. The Bertz CT molecular complexity index is 5010. The first-order valence-corrected chi connectivity index (χ1v) is 25.1. The van der Waals surface area contributed by atoms with Crippen LogP contribution >= 0.6 is 0 Å². The Labute approximate surface area is 455 Å². The van der Waals surface area contributed by atoms with Gasteiger partial charge in [0.15, 0.2) is 0 Å². The minimum atomic E-state index is -0.570. The van der Waals surface area contributed by atoms with E-state index in [2.05, 4.69) is 139 Å². The highest BCUT2D eigenvalue weighted by Gasteiger charge is 2.22. The van der Waals surface area contributed by atoms with Crippen LogP contribution in [-0.4, -0.2) is 18.7 Å². The number of para-hydroxylation sites is 5. The van der Waals surface area contributed by atoms with E-state index in [0.717, 1.165) is 61.0 Å². The van der Waals surface area contributed by atoms with Crippen LogP contribution in [0.2, 0.25) is 0 Å². The van der Waals surface area contributed by atoms with Crippen LogP contribution in [-0.2, 0) is 5.41 Å². The molecule has 0 atom stereocenters. The normalized spacial score (nSPS) is 13.7. The van der Waals surface area contributed by atoms with Gasteiger partial charge in [-0.1, -0.05) is 178 Å². The number of pyridine rings is 1. The maximum atomic E-state index is 9.10. The zero-order chi connectivity index (χ0) is 59.6. The topological polar surface area (TPSA) is 40.8 Å². The van der Waals surface area contributed by atoms with Gasteiger partial charge in [-0.3, -0.25) is 13.7 Å². The second kappa shape index (κ2) is 18.0. The number of fused-ring (bicyclic) bond motifs is 7. The van der Waals surface area contributed by atoms with E-state index in [1.807, 2.05) is 72.9 Å². The lowest BCUT2D eigenvalue weighted by Crippen LogP contribution is -2.31. The average molecular weight is 988 g/mol. The summed E-state index contributed by atoms with van der Waals surface area (Å²) in [6, 6.07) is 57.1. The van der Waals surface area contributed by atoms with Crippen molar-refractivity contribution in [1.82, 2.24) is 18.7 Å². The van der Waals surface area contributed by atoms with E-state index in [-0.39, 0.29) is 33.4 Å². The van der Waals surface area contributed by atoms with Crippen molar-refractivity contribution in [2.45, 2.75) is 26.2 Å². The molecule has 4 aromatic heterocycles. The molecule has 362 valence electrons. The summed E-state index contributed by atoms with van der Waals surface area (Å²) in [7, 11) is 0. The first-order valence-electron chi connectivity index (χ1n) is 30.1. The molecule has 0 saturated heterocycles. The molecule has 0 amide bonds. The minimum Gasteiger partial charge on any atom is -0.458 e. The number of ether oxygens (including phenoxy) is 1. The van der Waals surface area contributed by atoms with Gasteiger partial charge in [0.1, 0.15) is 17.3 Å². The number of benzene rings is 10. The molecular weight excluding hydrogens is 927 g/mol. The Morgan fingerprint density at radius 3 is 1.76 bits per heavy atom. The van der Waals surface area contributed by atoms with Gasteiger partial charge in [-0.15, -0.1) is 0 Å². The van der Waals surface area contributed by atoms with Crippen molar-refractivity contribution in [3.05, 3.63) is 267 Å². The second-order valence-electron chi connectivity index (χ2n) is 19.9. The Balaban J connectivity index is 0.901. The van der Waals surface area contributed by atoms with Crippen molar-refractivity contribution < 1.29 is 23.0 Å². The van der Waals surface area contributed by atoms with E-state index >= 15 is 0 Å². The summed E-state index contributed by atoms with van der Waals surface area (Å²) in [6.07, 6.45) is 5.34. The molecule has 6 nitrogen and oxygen atoms in total. The van der Waals surface area contributed by atoms with E-state index < -0.39 is 60.4 Å². The van der Waals surface area contributed by atoms with Crippen LogP contribution in [0.1, 0.15) is 40.0 Å². The molecule has 0 aliphatic heterocycles. The summed E-state index contributed by atoms with van der Waals surface area (Å²) in [5.41, 5.74) is 10.4. The fourth-order valence-corrected chi connectivity index (χ4v) is 10.7. The van der Waals surface area contributed by atoms with Gasteiger partial charge in [-0.2, -0.15) is 0 Å². The molecule has 14 aromatic rings. The summed E-state index contributed by atoms with van der Waals surface area (Å²) >= 11 is 0. The predicted octanol–water partition coefficient (Wildman–Crippen LogP) is 17.4. The van der Waals surface area contributed by atoms with Crippen LogP contribution < -0.4 is 9.30 Å². The largest absolute Gasteiger partial charge is 0.458 e. The molecule has 76 heavy (non-hydrogen) atoms. The molecular formula is C70H51N5O. The summed E-state index contributed by atoms with van der Waals surface area (Å²) in [5.74, 6) is 1.84. The van der Waals surface area contributed by atoms with Gasteiger partial charge >= 0.3 is 0 Å². The zero-order valence-corrected chi connectivity index (χ0v) is 41.6. The van der Waals surface area contributed by atoms with Gasteiger partial charge in [0.2, 0.25) is 0 Å². The van der Waals surface area contributed by atoms with Crippen LogP contribution in [0.4, 0.5) is 0 Å². The maximum Gasteiger partial charge on any atom is 0.269 e. The van der Waals surface area contributed by atoms with Crippen LogP contribution in [0.25, 0.3) is 111 Å². The molecule has 0 saturated carbocycles. The number of imidazole rings is 1. The van der Waals surface area contributed by atoms with Crippen LogP contribution in [0, 0.1) is 6.33 Å². The molecule has 6 heteroatoms. The lowest BCUT2D eigenvalue weighted by atomic mass is 9.88. The van der Waals surface area contributed by atoms with Gasteiger partial charge in [-0.25, -0.2) is 4.98 Å². The minimum absolute atomic E-state index is 0.135. The molecule has 4 heterocycles. The van der Waals surface area contributed by atoms with Crippen molar-refractivity contribution >= 4 is 54.6 Å². The first kappa shape index (κ1) is 35.4. The van der Waals surface area contributed by atoms with Crippen LogP contribution in [0.15, 0.2) is 255 Å². The van der Waals surface area contributed by atoms with Crippen molar-refractivity contribution in [2.24, 2.45) is 0 Å². The maximum absolute atomic E-state index is 9.10. The molecule has 0 fully saturated rings. The van der Waals surface area contributed by atoms with Gasteiger partial charge in [0.05, 0.1) is 58.2 Å². The monoisotopic (exact) mass is 987 g/mol. The number of hydrogen-bond acceptors (Lipinski definition) is 2. The quantitative estimate of drug-likeness (QED) is 0.107. The van der Waals surface area contributed by atoms with Crippen molar-refractivity contribution in [3.8, 4) is 67.8 Å². The lowest BCUT2D eigenvalue weighted by molar-refractivity contribution is -0.571. The summed E-state index contributed by atoms with van der Waals surface area (Å²) in [5, 5.41) is 4.40. The number of nitrogens with zero attached hydrogens (tertiary/aromatic N) is 5. The third-order valence-corrected chi connectivity index (χ3v) is 14.3. The summed E-state index contributed by atoms with van der Waals surface area (Å²) in [4.78, 5) is 4.98. The van der Waals surface area contributed by atoms with E-state index in [4.69, 9.17) is 23.4 Å². The molecule has 0 unspecified atom stereocenters. The molecule has 0 spiro atoms. The average Bonchev–Trinajstić information content (AvgIpc) is 1.45. The number of aromatic nitrogens is 5. The Morgan fingerprint density at radius 2 is 1.05 bits per heavy atom. The fourth-order valence-electron chi connectivity index (χ4n) is 10.7. The molecule has 0 radical (unpaired) electrons. The van der Waals surface area contributed by atoms with Gasteiger partial charge in [0, 0.05) is 39.5 Å². The Hall–Kier alpha value is -9.78. The van der Waals surface area contributed by atoms with Crippen LogP contribution in [0.3, 0.4) is 0 Å². The van der Waals surface area contributed by atoms with Crippen molar-refractivity contribution in [3.63, 3.8) is 0 Å². The number of hydrogen-bond donors (Lipinski definition) is 0. The molecule has 0 aliphatic carbocycles. The van der Waals surface area contributed by atoms with Gasteiger partial charge in [-0.05, 0) is 129 Å². The van der Waals surface area contributed by atoms with Crippen molar-refractivity contribution in [1.29, 1.82) is 0 Å². The molecule has 10 aromatic carbocycles. The van der Waals surface area contributed by atoms with E-state index in [9.17, 15) is 0 Å². The van der Waals surface area contributed by atoms with Crippen LogP contribution in [0.5, 0.6) is 11.5 Å². The first-order chi connectivity index (χ1) is 41.5. The summed E-state index contributed by atoms with van der Waals surface area (Å²) in [6.45, 7) is 6.58. The van der Waals surface area contributed by atoms with E-state index in [1.165, 1.54) is 10.8 Å². The van der Waals surface area contributed by atoms with Crippen molar-refractivity contribution in [2.75, 3.05) is 0 Å². The fraction of sp³-hybridized carbons (Fsp3) is 0.0571. The molecule has 0 bridgehead atoms. The Morgan fingerprint density at radius 1 is 0.461 bits per heavy atom. The predicted molar refractivity (Wildman–Crippen MR) is 312 cm³/mol. The molecule has 0 N–H and O–H groups in total. The van der Waals surface area contributed by atoms with E-state index in [1.54, 1.807) is 27.3 Å². The molecule has 0 aliphatic rings. The third-order valence-electron chi connectivity index (χ3n) is 14.3. The lowest BCUT2D eigenvalue weighted by Gasteiger charge is -2.20. The summed E-state index contributed by atoms with van der Waals surface area (Å²) < 4.78 is 103. The Kier molecular flexibility index (Phi) is 8.38. The van der Waals surface area contributed by atoms with Gasteiger partial charge in [0.25, 0.3) is 6.33 Å².